The minimum Gasteiger partial charge on any atom is -0.456 e. The number of aryl methyl sites for hydroxylation is 1. The maximum Gasteiger partial charge on any atom is 0.306 e. The molecule has 7 heteroatoms. The van der Waals surface area contributed by atoms with Gasteiger partial charge in [-0.15, -0.1) is 0 Å². The van der Waals surface area contributed by atoms with Gasteiger partial charge in [-0.1, -0.05) is 18.2 Å². The van der Waals surface area contributed by atoms with Gasteiger partial charge in [0.05, 0.1) is 0 Å². The van der Waals surface area contributed by atoms with Crippen molar-refractivity contribution in [3.05, 3.63) is 65.5 Å². The number of carbonyl (C=O) groups is 3. The molecular formula is C19H19FN2O4. The zero-order valence-corrected chi connectivity index (χ0v) is 14.3. The molecule has 0 aliphatic rings. The fourth-order valence-electron chi connectivity index (χ4n) is 2.20. The summed E-state index contributed by atoms with van der Waals surface area (Å²) in [6.07, 6.45) is 0.486. The summed E-state index contributed by atoms with van der Waals surface area (Å²) in [7, 11) is 1.51. The lowest BCUT2D eigenvalue weighted by atomic mass is 10.1. The number of nitrogens with one attached hydrogen (secondary N) is 2. The second-order valence-electron chi connectivity index (χ2n) is 5.50. The largest absolute Gasteiger partial charge is 0.456 e. The molecule has 0 aliphatic heterocycles. The van der Waals surface area contributed by atoms with Gasteiger partial charge in [-0.3, -0.25) is 14.4 Å². The van der Waals surface area contributed by atoms with Crippen molar-refractivity contribution in [3.8, 4) is 0 Å². The van der Waals surface area contributed by atoms with Crippen molar-refractivity contribution in [2.45, 2.75) is 12.8 Å². The number of rotatable bonds is 7. The van der Waals surface area contributed by atoms with Crippen molar-refractivity contribution in [1.29, 1.82) is 0 Å². The normalized spacial score (nSPS) is 10.1. The van der Waals surface area contributed by atoms with E-state index in [1.165, 1.54) is 25.2 Å². The van der Waals surface area contributed by atoms with Gasteiger partial charge in [0.25, 0.3) is 11.8 Å². The monoisotopic (exact) mass is 358 g/mol. The molecule has 2 N–H and O–H groups in total. The zero-order valence-electron chi connectivity index (χ0n) is 14.3. The first kappa shape index (κ1) is 19.1. The molecule has 0 spiro atoms. The van der Waals surface area contributed by atoms with Crippen LogP contribution < -0.4 is 10.6 Å². The van der Waals surface area contributed by atoms with Crippen molar-refractivity contribution >= 4 is 23.5 Å². The van der Waals surface area contributed by atoms with E-state index in [0.29, 0.717) is 17.7 Å². The molecule has 0 bridgehead atoms. The third-order valence-electron chi connectivity index (χ3n) is 3.53. The summed E-state index contributed by atoms with van der Waals surface area (Å²) in [5, 5.41) is 5.05. The highest BCUT2D eigenvalue weighted by Crippen LogP contribution is 2.11. The number of ether oxygens (including phenoxy) is 1. The van der Waals surface area contributed by atoms with E-state index in [1.807, 2.05) is 0 Å². The fraction of sp³-hybridized carbons (Fsp3) is 0.211. The summed E-state index contributed by atoms with van der Waals surface area (Å²) >= 11 is 0. The third kappa shape index (κ3) is 6.01. The Morgan fingerprint density at radius 3 is 2.50 bits per heavy atom. The minimum atomic E-state index is -0.524. The highest BCUT2D eigenvalue weighted by Gasteiger charge is 2.10. The van der Waals surface area contributed by atoms with Gasteiger partial charge >= 0.3 is 5.97 Å². The number of carbonyl (C=O) groups excluding carboxylic acids is 3. The smallest absolute Gasteiger partial charge is 0.306 e. The van der Waals surface area contributed by atoms with Gasteiger partial charge in [0, 0.05) is 24.7 Å². The molecule has 0 aliphatic carbocycles. The second kappa shape index (κ2) is 9.31. The average molecular weight is 358 g/mol. The first-order valence-corrected chi connectivity index (χ1v) is 8.00. The van der Waals surface area contributed by atoms with Gasteiger partial charge in [0.15, 0.2) is 6.61 Å². The van der Waals surface area contributed by atoms with Crippen molar-refractivity contribution < 1.29 is 23.5 Å². The van der Waals surface area contributed by atoms with Gasteiger partial charge in [-0.2, -0.15) is 0 Å². The van der Waals surface area contributed by atoms with Crippen LogP contribution in [0.5, 0.6) is 0 Å². The van der Waals surface area contributed by atoms with Crippen molar-refractivity contribution in [2.75, 3.05) is 19.0 Å². The molecule has 0 saturated heterocycles. The lowest BCUT2D eigenvalue weighted by Crippen LogP contribution is -2.22. The zero-order chi connectivity index (χ0) is 18.9. The number of hydrogen-bond acceptors (Lipinski definition) is 4. The Labute approximate surface area is 150 Å². The van der Waals surface area contributed by atoms with Gasteiger partial charge in [0.1, 0.15) is 5.82 Å². The molecule has 0 atom stereocenters. The molecule has 2 aromatic carbocycles. The summed E-state index contributed by atoms with van der Waals surface area (Å²) in [5.41, 5.74) is 1.64. The number of halogens is 1. The number of anilines is 1. The molecular weight excluding hydrogens is 339 g/mol. The predicted octanol–water partition coefficient (Wildman–Crippen LogP) is 2.30. The van der Waals surface area contributed by atoms with Crippen LogP contribution in [0, 0.1) is 5.82 Å². The van der Waals surface area contributed by atoms with Crippen molar-refractivity contribution in [1.82, 2.24) is 5.32 Å². The SMILES string of the molecule is CNC(=O)c1cccc(NC(=O)COC(=O)CCc2ccc(F)cc2)c1. The third-order valence-corrected chi connectivity index (χ3v) is 3.53. The molecule has 2 amide bonds. The minimum absolute atomic E-state index is 0.0884. The predicted molar refractivity (Wildman–Crippen MR) is 94.1 cm³/mol. The topological polar surface area (TPSA) is 84.5 Å². The van der Waals surface area contributed by atoms with E-state index in [9.17, 15) is 18.8 Å². The van der Waals surface area contributed by atoms with Gasteiger partial charge in [0.2, 0.25) is 0 Å². The maximum absolute atomic E-state index is 12.8. The van der Waals surface area contributed by atoms with E-state index in [1.54, 1.807) is 30.3 Å². The van der Waals surface area contributed by atoms with E-state index in [-0.39, 0.29) is 18.1 Å². The van der Waals surface area contributed by atoms with Crippen LogP contribution >= 0.6 is 0 Å². The molecule has 0 saturated carbocycles. The van der Waals surface area contributed by atoms with Gasteiger partial charge in [-0.25, -0.2) is 4.39 Å². The Bertz CT molecular complexity index is 790. The van der Waals surface area contributed by atoms with Crippen LogP contribution in [0.2, 0.25) is 0 Å². The van der Waals surface area contributed by atoms with E-state index >= 15 is 0 Å². The summed E-state index contributed by atoms with van der Waals surface area (Å²) < 4.78 is 17.7. The molecule has 6 nitrogen and oxygen atoms in total. The Morgan fingerprint density at radius 1 is 1.08 bits per heavy atom. The maximum atomic E-state index is 12.8. The van der Waals surface area contributed by atoms with Crippen LogP contribution in [-0.4, -0.2) is 31.4 Å². The van der Waals surface area contributed by atoms with E-state index in [0.717, 1.165) is 5.56 Å². The van der Waals surface area contributed by atoms with Crippen LogP contribution in [-0.2, 0) is 20.7 Å². The van der Waals surface area contributed by atoms with Crippen LogP contribution in [0.4, 0.5) is 10.1 Å². The molecule has 0 aromatic heterocycles. The number of amides is 2. The Balaban J connectivity index is 1.76. The average Bonchev–Trinajstić information content (AvgIpc) is 2.65. The van der Waals surface area contributed by atoms with Crippen LogP contribution in [0.15, 0.2) is 48.5 Å². The summed E-state index contributed by atoms with van der Waals surface area (Å²) in [6.45, 7) is -0.424. The summed E-state index contributed by atoms with van der Waals surface area (Å²) in [5.74, 6) is -1.64. The first-order chi connectivity index (χ1) is 12.5. The Hall–Kier alpha value is -3.22. The van der Waals surface area contributed by atoms with E-state index in [4.69, 9.17) is 4.74 Å². The highest BCUT2D eigenvalue weighted by atomic mass is 19.1. The molecule has 0 fully saturated rings. The second-order valence-corrected chi connectivity index (χ2v) is 5.50. The summed E-state index contributed by atoms with van der Waals surface area (Å²) in [6, 6.07) is 12.2. The van der Waals surface area contributed by atoms with E-state index in [2.05, 4.69) is 10.6 Å². The van der Waals surface area contributed by atoms with Crippen molar-refractivity contribution in [3.63, 3.8) is 0 Å². The van der Waals surface area contributed by atoms with Crippen LogP contribution in [0.3, 0.4) is 0 Å². The van der Waals surface area contributed by atoms with Crippen LogP contribution in [0.25, 0.3) is 0 Å². The van der Waals surface area contributed by atoms with Gasteiger partial charge in [-0.05, 0) is 42.3 Å². The molecule has 26 heavy (non-hydrogen) atoms. The molecule has 2 aromatic rings. The number of esters is 1. The Morgan fingerprint density at radius 2 is 1.81 bits per heavy atom. The highest BCUT2D eigenvalue weighted by molar-refractivity contribution is 5.97. The number of hydrogen-bond donors (Lipinski definition) is 2. The molecule has 0 radical (unpaired) electrons. The quantitative estimate of drug-likeness (QED) is 0.744. The standard InChI is InChI=1S/C19H19FN2O4/c1-21-19(25)14-3-2-4-16(11-14)22-17(23)12-26-18(24)10-7-13-5-8-15(20)9-6-13/h2-6,8-9,11H,7,10,12H2,1H3,(H,21,25)(H,22,23). The van der Waals surface area contributed by atoms with Crippen LogP contribution in [0.1, 0.15) is 22.3 Å². The molecule has 2 rings (SSSR count). The lowest BCUT2D eigenvalue weighted by Gasteiger charge is -2.08. The molecule has 0 heterocycles. The fourth-order valence-corrected chi connectivity index (χ4v) is 2.20. The summed E-state index contributed by atoms with van der Waals surface area (Å²) in [4.78, 5) is 35.1. The van der Waals surface area contributed by atoms with E-state index < -0.39 is 18.5 Å². The molecule has 136 valence electrons. The van der Waals surface area contributed by atoms with Crippen molar-refractivity contribution in [2.24, 2.45) is 0 Å². The molecule has 0 unspecified atom stereocenters. The number of benzene rings is 2. The van der Waals surface area contributed by atoms with Gasteiger partial charge < -0.3 is 15.4 Å². The first-order valence-electron chi connectivity index (χ1n) is 8.00. The Kier molecular flexibility index (Phi) is 6.84. The lowest BCUT2D eigenvalue weighted by molar-refractivity contribution is -0.147.